The first kappa shape index (κ1) is 14.1. The first-order valence-electron chi connectivity index (χ1n) is 5.93. The molecular weight excluding hydrogens is 331 g/mol. The second-order valence-electron chi connectivity index (χ2n) is 4.27. The molecule has 1 aliphatic heterocycles. The Bertz CT molecular complexity index is 783. The highest BCUT2D eigenvalue weighted by molar-refractivity contribution is 7.80. The molecule has 3 rings (SSSR count). The van der Waals surface area contributed by atoms with Crippen molar-refractivity contribution < 1.29 is 9.21 Å². The van der Waals surface area contributed by atoms with Crippen LogP contribution in [-0.4, -0.2) is 11.0 Å². The number of thiocarbonyl (C=S) groups is 1. The summed E-state index contributed by atoms with van der Waals surface area (Å²) in [4.78, 5) is 11.6. The van der Waals surface area contributed by atoms with Gasteiger partial charge in [0.2, 0.25) is 0 Å². The van der Waals surface area contributed by atoms with E-state index in [4.69, 9.17) is 39.8 Å². The molecule has 2 N–H and O–H groups in total. The van der Waals surface area contributed by atoms with Crippen molar-refractivity contribution in [1.29, 1.82) is 0 Å². The third kappa shape index (κ3) is 2.81. The zero-order valence-corrected chi connectivity index (χ0v) is 12.8. The molecule has 0 aliphatic carbocycles. The lowest BCUT2D eigenvalue weighted by atomic mass is 10.2. The lowest BCUT2D eigenvalue weighted by Crippen LogP contribution is -2.21. The number of rotatable bonds is 2. The van der Waals surface area contributed by atoms with Gasteiger partial charge < -0.3 is 9.73 Å². The van der Waals surface area contributed by atoms with Gasteiger partial charge in [-0.2, -0.15) is 0 Å². The fourth-order valence-corrected chi connectivity index (χ4v) is 2.49. The Kier molecular flexibility index (Phi) is 3.71. The molecule has 1 fully saturated rings. The molecule has 0 spiro atoms. The summed E-state index contributed by atoms with van der Waals surface area (Å²) in [7, 11) is 0. The molecule has 106 valence electrons. The summed E-state index contributed by atoms with van der Waals surface area (Å²) in [5.41, 5.74) is 1.02. The Hall–Kier alpha value is -1.82. The molecule has 1 aliphatic rings. The molecule has 0 bridgehead atoms. The predicted molar refractivity (Wildman–Crippen MR) is 86.0 cm³/mol. The number of hydrogen-bond donors (Lipinski definition) is 2. The topological polar surface area (TPSA) is 54.3 Å². The van der Waals surface area contributed by atoms with Gasteiger partial charge in [-0.25, -0.2) is 0 Å². The minimum absolute atomic E-state index is 0.274. The number of hydrogen-bond acceptors (Lipinski definition) is 3. The zero-order valence-electron chi connectivity index (χ0n) is 10.4. The Labute approximate surface area is 135 Å². The molecular formula is C14H8Cl2N2O2S. The second kappa shape index (κ2) is 5.52. The summed E-state index contributed by atoms with van der Waals surface area (Å²) >= 11 is 17.0. The molecule has 0 unspecified atom stereocenters. The minimum Gasteiger partial charge on any atom is -0.457 e. The molecule has 2 heterocycles. The van der Waals surface area contributed by atoms with Crippen molar-refractivity contribution in [1.82, 2.24) is 10.6 Å². The summed E-state index contributed by atoms with van der Waals surface area (Å²) in [6.07, 6.45) is 1.57. The van der Waals surface area contributed by atoms with Gasteiger partial charge in [-0.15, -0.1) is 0 Å². The zero-order chi connectivity index (χ0) is 15.0. The Morgan fingerprint density at radius 2 is 1.95 bits per heavy atom. The Morgan fingerprint density at radius 1 is 1.14 bits per heavy atom. The number of carbonyl (C=O) groups is 1. The SMILES string of the molecule is O=C1NC(=S)NC1=Cc1ccc(-c2cccc(Cl)c2Cl)o1. The van der Waals surface area contributed by atoms with Crippen molar-refractivity contribution >= 4 is 52.5 Å². The lowest BCUT2D eigenvalue weighted by Gasteiger charge is -2.02. The molecule has 0 atom stereocenters. The van der Waals surface area contributed by atoms with Crippen LogP contribution in [0.3, 0.4) is 0 Å². The third-order valence-corrected chi connectivity index (χ3v) is 3.87. The maximum Gasteiger partial charge on any atom is 0.274 e. The van der Waals surface area contributed by atoms with Crippen LogP contribution in [-0.2, 0) is 4.79 Å². The van der Waals surface area contributed by atoms with E-state index in [2.05, 4.69) is 10.6 Å². The van der Waals surface area contributed by atoms with Gasteiger partial charge in [0.1, 0.15) is 17.2 Å². The third-order valence-electron chi connectivity index (χ3n) is 2.85. The molecule has 4 nitrogen and oxygen atoms in total. The normalized spacial score (nSPS) is 16.2. The average molecular weight is 339 g/mol. The summed E-state index contributed by atoms with van der Waals surface area (Å²) in [5.74, 6) is 0.775. The molecule has 0 radical (unpaired) electrons. The van der Waals surface area contributed by atoms with Crippen molar-refractivity contribution in [3.8, 4) is 11.3 Å². The largest absolute Gasteiger partial charge is 0.457 e. The van der Waals surface area contributed by atoms with Crippen LogP contribution in [0.1, 0.15) is 5.76 Å². The number of halogens is 2. The first-order chi connectivity index (χ1) is 10.0. The highest BCUT2D eigenvalue weighted by Crippen LogP contribution is 2.34. The molecule has 0 saturated carbocycles. The van der Waals surface area contributed by atoms with Crippen LogP contribution in [0.25, 0.3) is 17.4 Å². The van der Waals surface area contributed by atoms with Crippen LogP contribution in [0.2, 0.25) is 10.0 Å². The first-order valence-corrected chi connectivity index (χ1v) is 7.09. The Balaban J connectivity index is 1.94. The van der Waals surface area contributed by atoms with E-state index in [1.54, 1.807) is 36.4 Å². The monoisotopic (exact) mass is 338 g/mol. The fraction of sp³-hybridized carbons (Fsp3) is 0. The highest BCUT2D eigenvalue weighted by atomic mass is 35.5. The van der Waals surface area contributed by atoms with E-state index in [9.17, 15) is 4.79 Å². The summed E-state index contributed by atoms with van der Waals surface area (Å²) in [6, 6.07) is 8.78. The quantitative estimate of drug-likeness (QED) is 0.648. The van der Waals surface area contributed by atoms with Crippen molar-refractivity contribution in [3.05, 3.63) is 51.8 Å². The fourth-order valence-electron chi connectivity index (χ4n) is 1.89. The van der Waals surface area contributed by atoms with Crippen LogP contribution in [0.4, 0.5) is 0 Å². The van der Waals surface area contributed by atoms with Crippen LogP contribution < -0.4 is 10.6 Å². The van der Waals surface area contributed by atoms with Gasteiger partial charge in [0, 0.05) is 11.6 Å². The lowest BCUT2D eigenvalue weighted by molar-refractivity contribution is -0.115. The van der Waals surface area contributed by atoms with E-state index in [-0.39, 0.29) is 11.0 Å². The maximum atomic E-state index is 11.6. The number of benzene rings is 1. The molecule has 1 aromatic heterocycles. The van der Waals surface area contributed by atoms with Gasteiger partial charge in [-0.1, -0.05) is 29.3 Å². The van der Waals surface area contributed by atoms with Gasteiger partial charge in [0.25, 0.3) is 5.91 Å². The van der Waals surface area contributed by atoms with Crippen molar-refractivity contribution in [2.24, 2.45) is 0 Å². The maximum absolute atomic E-state index is 11.6. The molecule has 1 amide bonds. The van der Waals surface area contributed by atoms with Gasteiger partial charge >= 0.3 is 0 Å². The number of carbonyl (C=O) groups excluding carboxylic acids is 1. The van der Waals surface area contributed by atoms with Gasteiger partial charge in [0.15, 0.2) is 5.11 Å². The number of amides is 1. The smallest absolute Gasteiger partial charge is 0.274 e. The van der Waals surface area contributed by atoms with Gasteiger partial charge in [0.05, 0.1) is 10.0 Å². The van der Waals surface area contributed by atoms with Gasteiger partial charge in [-0.3, -0.25) is 10.1 Å². The summed E-state index contributed by atoms with van der Waals surface area (Å²) in [6.45, 7) is 0. The molecule has 7 heteroatoms. The van der Waals surface area contributed by atoms with E-state index >= 15 is 0 Å². The highest BCUT2D eigenvalue weighted by Gasteiger charge is 2.20. The van der Waals surface area contributed by atoms with Crippen molar-refractivity contribution in [3.63, 3.8) is 0 Å². The van der Waals surface area contributed by atoms with E-state index in [0.717, 1.165) is 0 Å². The summed E-state index contributed by atoms with van der Waals surface area (Å²) in [5, 5.41) is 6.37. The Morgan fingerprint density at radius 3 is 2.67 bits per heavy atom. The molecule has 2 aromatic rings. The van der Waals surface area contributed by atoms with Gasteiger partial charge in [-0.05, 0) is 36.5 Å². The van der Waals surface area contributed by atoms with Crippen LogP contribution in [0.5, 0.6) is 0 Å². The van der Waals surface area contributed by atoms with Crippen LogP contribution >= 0.6 is 35.4 Å². The van der Waals surface area contributed by atoms with Crippen LogP contribution in [0, 0.1) is 0 Å². The van der Waals surface area contributed by atoms with Crippen LogP contribution in [0.15, 0.2) is 40.4 Å². The standard InChI is InChI=1S/C14H8Cl2N2O2S/c15-9-3-1-2-8(12(9)16)11-5-4-7(20-11)6-10-13(19)18-14(21)17-10/h1-6H,(H2,17,18,19,21). The van der Waals surface area contributed by atoms with E-state index in [0.29, 0.717) is 32.8 Å². The van der Waals surface area contributed by atoms with E-state index in [1.807, 2.05) is 0 Å². The number of nitrogens with one attached hydrogen (secondary N) is 2. The summed E-state index contributed by atoms with van der Waals surface area (Å²) < 4.78 is 5.67. The van der Waals surface area contributed by atoms with E-state index < -0.39 is 0 Å². The molecule has 21 heavy (non-hydrogen) atoms. The van der Waals surface area contributed by atoms with E-state index in [1.165, 1.54) is 0 Å². The molecule has 1 aromatic carbocycles. The second-order valence-corrected chi connectivity index (χ2v) is 5.46. The predicted octanol–water partition coefficient (Wildman–Crippen LogP) is 3.60. The minimum atomic E-state index is -0.293. The van der Waals surface area contributed by atoms with Crippen molar-refractivity contribution in [2.75, 3.05) is 0 Å². The molecule has 1 saturated heterocycles. The number of furan rings is 1. The average Bonchev–Trinajstić information content (AvgIpc) is 3.01. The van der Waals surface area contributed by atoms with Crippen molar-refractivity contribution in [2.45, 2.75) is 0 Å².